The van der Waals surface area contributed by atoms with E-state index in [0.717, 1.165) is 5.56 Å². The molecule has 0 atom stereocenters. The number of aromatic carboxylic acids is 1. The summed E-state index contributed by atoms with van der Waals surface area (Å²) in [5.74, 6) is -1.10. The van der Waals surface area contributed by atoms with Crippen LogP contribution in [0.5, 0.6) is 0 Å². The van der Waals surface area contributed by atoms with E-state index in [9.17, 15) is 9.59 Å². The van der Waals surface area contributed by atoms with Gasteiger partial charge in [0, 0.05) is 0 Å². The van der Waals surface area contributed by atoms with Gasteiger partial charge in [-0.2, -0.15) is 0 Å². The fourth-order valence-corrected chi connectivity index (χ4v) is 1.97. The molecule has 0 aliphatic heterocycles. The molecule has 2 rings (SSSR count). The Hall–Kier alpha value is -2.53. The van der Waals surface area contributed by atoms with Crippen molar-refractivity contribution in [1.82, 2.24) is 0 Å². The summed E-state index contributed by atoms with van der Waals surface area (Å²) in [6.07, 6.45) is 0. The lowest BCUT2D eigenvalue weighted by Crippen LogP contribution is -2.21. The SMILES string of the molecule is Cc1ccc(NC(=O)Nc2ccccc2Cl)c(C(=O)O)c1. The van der Waals surface area contributed by atoms with Crippen molar-refractivity contribution in [3.05, 3.63) is 58.6 Å². The monoisotopic (exact) mass is 304 g/mol. The number of hydrogen-bond donors (Lipinski definition) is 3. The summed E-state index contributed by atoms with van der Waals surface area (Å²) in [4.78, 5) is 23.1. The van der Waals surface area contributed by atoms with Crippen molar-refractivity contribution in [2.45, 2.75) is 6.92 Å². The first-order valence-corrected chi connectivity index (χ1v) is 6.51. The fraction of sp³-hybridized carbons (Fsp3) is 0.0667. The molecular formula is C15H13ClN2O3. The van der Waals surface area contributed by atoms with Crippen LogP contribution in [0.15, 0.2) is 42.5 Å². The minimum absolute atomic E-state index is 0.0318. The Bertz CT molecular complexity index is 701. The highest BCUT2D eigenvalue weighted by Gasteiger charge is 2.13. The van der Waals surface area contributed by atoms with Crippen LogP contribution < -0.4 is 10.6 Å². The van der Waals surface area contributed by atoms with Crippen LogP contribution in [-0.2, 0) is 0 Å². The van der Waals surface area contributed by atoms with Crippen molar-refractivity contribution < 1.29 is 14.7 Å². The van der Waals surface area contributed by atoms with Gasteiger partial charge < -0.3 is 15.7 Å². The van der Waals surface area contributed by atoms with E-state index < -0.39 is 12.0 Å². The molecule has 6 heteroatoms. The molecule has 2 aromatic rings. The number of anilines is 2. The summed E-state index contributed by atoms with van der Waals surface area (Å²) < 4.78 is 0. The molecule has 108 valence electrons. The zero-order valence-electron chi connectivity index (χ0n) is 11.2. The third-order valence-electron chi connectivity index (χ3n) is 2.78. The van der Waals surface area contributed by atoms with Gasteiger partial charge in [0.1, 0.15) is 0 Å². The van der Waals surface area contributed by atoms with Gasteiger partial charge >= 0.3 is 12.0 Å². The largest absolute Gasteiger partial charge is 0.478 e. The summed E-state index contributed by atoms with van der Waals surface area (Å²) in [5, 5.41) is 14.6. The molecule has 0 aliphatic carbocycles. The van der Waals surface area contributed by atoms with Crippen LogP contribution in [-0.4, -0.2) is 17.1 Å². The first-order chi connectivity index (χ1) is 9.97. The molecule has 0 saturated heterocycles. The van der Waals surface area contributed by atoms with Crippen LogP contribution in [0.4, 0.5) is 16.2 Å². The van der Waals surface area contributed by atoms with Gasteiger partial charge in [0.2, 0.25) is 0 Å². The maximum atomic E-state index is 11.9. The fourth-order valence-electron chi connectivity index (χ4n) is 1.78. The summed E-state index contributed by atoms with van der Waals surface area (Å²) in [5.41, 5.74) is 1.49. The molecule has 3 N–H and O–H groups in total. The van der Waals surface area contributed by atoms with Crippen molar-refractivity contribution in [3.8, 4) is 0 Å². The van der Waals surface area contributed by atoms with Crippen LogP contribution in [0.3, 0.4) is 0 Å². The number of carbonyl (C=O) groups excluding carboxylic acids is 1. The maximum absolute atomic E-state index is 11.9. The van der Waals surface area contributed by atoms with Crippen LogP contribution in [0.2, 0.25) is 5.02 Å². The Morgan fingerprint density at radius 3 is 2.38 bits per heavy atom. The maximum Gasteiger partial charge on any atom is 0.337 e. The van der Waals surface area contributed by atoms with Crippen molar-refractivity contribution in [2.75, 3.05) is 10.6 Å². The summed E-state index contributed by atoms with van der Waals surface area (Å²) in [7, 11) is 0. The second kappa shape index (κ2) is 6.28. The lowest BCUT2D eigenvalue weighted by Gasteiger charge is -2.11. The second-order valence-corrected chi connectivity index (χ2v) is 4.82. The van der Waals surface area contributed by atoms with Crippen LogP contribution >= 0.6 is 11.6 Å². The predicted molar refractivity (Wildman–Crippen MR) is 82.2 cm³/mol. The topological polar surface area (TPSA) is 78.4 Å². The molecule has 0 aliphatic rings. The van der Waals surface area contributed by atoms with E-state index in [1.54, 1.807) is 43.3 Å². The normalized spacial score (nSPS) is 10.0. The van der Waals surface area contributed by atoms with Gasteiger partial charge in [0.25, 0.3) is 0 Å². The standard InChI is InChI=1S/C15H13ClN2O3/c1-9-6-7-12(10(8-9)14(19)20)17-15(21)18-13-5-3-2-4-11(13)16/h2-8H,1H3,(H,19,20)(H2,17,18,21). The van der Waals surface area contributed by atoms with Gasteiger partial charge in [-0.05, 0) is 31.2 Å². The Morgan fingerprint density at radius 1 is 1.05 bits per heavy atom. The quantitative estimate of drug-likeness (QED) is 0.802. The van der Waals surface area contributed by atoms with Crippen molar-refractivity contribution in [3.63, 3.8) is 0 Å². The number of hydrogen-bond acceptors (Lipinski definition) is 2. The van der Waals surface area contributed by atoms with Gasteiger partial charge in [0.15, 0.2) is 0 Å². The van der Waals surface area contributed by atoms with Gasteiger partial charge in [-0.3, -0.25) is 0 Å². The van der Waals surface area contributed by atoms with Crippen molar-refractivity contribution in [2.24, 2.45) is 0 Å². The highest BCUT2D eigenvalue weighted by atomic mass is 35.5. The number of carboxylic acids is 1. The minimum atomic E-state index is -1.10. The average molecular weight is 305 g/mol. The van der Waals surface area contributed by atoms with Crippen LogP contribution in [0.1, 0.15) is 15.9 Å². The van der Waals surface area contributed by atoms with Crippen molar-refractivity contribution >= 4 is 35.0 Å². The molecule has 0 heterocycles. The van der Waals surface area contributed by atoms with E-state index in [-0.39, 0.29) is 11.3 Å². The molecule has 0 saturated carbocycles. The van der Waals surface area contributed by atoms with Gasteiger partial charge in [-0.15, -0.1) is 0 Å². The summed E-state index contributed by atoms with van der Waals surface area (Å²) >= 11 is 5.94. The zero-order valence-corrected chi connectivity index (χ0v) is 11.9. The van der Waals surface area contributed by atoms with E-state index in [4.69, 9.17) is 16.7 Å². The molecule has 0 spiro atoms. The average Bonchev–Trinajstić information content (AvgIpc) is 2.43. The summed E-state index contributed by atoms with van der Waals surface area (Å²) in [6.45, 7) is 1.78. The molecule has 0 unspecified atom stereocenters. The minimum Gasteiger partial charge on any atom is -0.478 e. The number of benzene rings is 2. The second-order valence-electron chi connectivity index (χ2n) is 4.41. The molecule has 5 nitrogen and oxygen atoms in total. The number of halogens is 1. The number of carboxylic acid groups (broad SMARTS) is 1. The summed E-state index contributed by atoms with van der Waals surface area (Å²) in [6, 6.07) is 11.0. The Labute approximate surface area is 126 Å². The lowest BCUT2D eigenvalue weighted by atomic mass is 10.1. The van der Waals surface area contributed by atoms with Crippen LogP contribution in [0.25, 0.3) is 0 Å². The first-order valence-electron chi connectivity index (χ1n) is 6.14. The molecule has 0 aromatic heterocycles. The van der Waals surface area contributed by atoms with Crippen LogP contribution in [0, 0.1) is 6.92 Å². The highest BCUT2D eigenvalue weighted by Crippen LogP contribution is 2.22. The van der Waals surface area contributed by atoms with E-state index in [0.29, 0.717) is 10.7 Å². The van der Waals surface area contributed by atoms with Gasteiger partial charge in [0.05, 0.1) is 22.0 Å². The number of nitrogens with one attached hydrogen (secondary N) is 2. The number of urea groups is 1. The number of amides is 2. The molecule has 0 fully saturated rings. The van der Waals surface area contributed by atoms with E-state index in [1.807, 2.05) is 0 Å². The number of rotatable bonds is 3. The third-order valence-corrected chi connectivity index (χ3v) is 3.11. The van der Waals surface area contributed by atoms with Gasteiger partial charge in [-0.1, -0.05) is 35.4 Å². The molecule has 2 amide bonds. The van der Waals surface area contributed by atoms with Gasteiger partial charge in [-0.25, -0.2) is 9.59 Å². The first kappa shape index (κ1) is 14.9. The Balaban J connectivity index is 2.17. The Morgan fingerprint density at radius 2 is 1.71 bits per heavy atom. The number of para-hydroxylation sites is 1. The van der Waals surface area contributed by atoms with E-state index in [2.05, 4.69) is 10.6 Å². The Kier molecular flexibility index (Phi) is 4.45. The molecule has 2 aromatic carbocycles. The lowest BCUT2D eigenvalue weighted by molar-refractivity contribution is 0.0698. The third kappa shape index (κ3) is 3.73. The molecule has 21 heavy (non-hydrogen) atoms. The predicted octanol–water partition coefficient (Wildman–Crippen LogP) is 3.99. The van der Waals surface area contributed by atoms with E-state index >= 15 is 0 Å². The number of carbonyl (C=O) groups is 2. The number of aryl methyl sites for hydroxylation is 1. The zero-order chi connectivity index (χ0) is 15.4. The smallest absolute Gasteiger partial charge is 0.337 e. The van der Waals surface area contributed by atoms with E-state index in [1.165, 1.54) is 6.07 Å². The highest BCUT2D eigenvalue weighted by molar-refractivity contribution is 6.33. The molecule has 0 radical (unpaired) electrons. The molecular weight excluding hydrogens is 292 g/mol. The van der Waals surface area contributed by atoms with Crippen molar-refractivity contribution in [1.29, 1.82) is 0 Å². The molecule has 0 bridgehead atoms.